The van der Waals surface area contributed by atoms with E-state index < -0.39 is 10.0 Å². The fourth-order valence-corrected chi connectivity index (χ4v) is 3.61. The molecule has 1 aromatic rings. The molecule has 0 spiro atoms. The third kappa shape index (κ3) is 3.47. The van der Waals surface area contributed by atoms with E-state index in [4.69, 9.17) is 0 Å². The highest BCUT2D eigenvalue weighted by atomic mass is 32.2. The fraction of sp³-hybridized carbons (Fsp3) is 0.800. The van der Waals surface area contributed by atoms with E-state index in [9.17, 15) is 8.42 Å². The number of aromatic nitrogens is 2. The van der Waals surface area contributed by atoms with Crippen molar-refractivity contribution in [3.05, 3.63) is 11.1 Å². The van der Waals surface area contributed by atoms with Crippen LogP contribution < -0.4 is 5.32 Å². The molecule has 2 rings (SSSR count). The van der Waals surface area contributed by atoms with Crippen LogP contribution in [0.2, 0.25) is 0 Å². The van der Waals surface area contributed by atoms with E-state index in [2.05, 4.69) is 14.9 Å². The van der Waals surface area contributed by atoms with Crippen LogP contribution in [-0.2, 0) is 16.6 Å². The molecule has 0 aromatic carbocycles. The molecule has 0 bridgehead atoms. The molecule has 0 atom stereocenters. The van der Waals surface area contributed by atoms with Gasteiger partial charge in [-0.05, 0) is 31.3 Å². The Kier molecular flexibility index (Phi) is 4.66. The van der Waals surface area contributed by atoms with Gasteiger partial charge in [0, 0.05) is 31.1 Å². The van der Waals surface area contributed by atoms with Crippen LogP contribution in [0.3, 0.4) is 0 Å². The van der Waals surface area contributed by atoms with Gasteiger partial charge >= 0.3 is 0 Å². The van der Waals surface area contributed by atoms with Crippen LogP contribution in [0.5, 0.6) is 0 Å². The zero-order valence-corrected chi connectivity index (χ0v) is 12.0. The predicted octanol–water partition coefficient (Wildman–Crippen LogP) is 0.442. The Morgan fingerprint density at radius 3 is 2.78 bits per heavy atom. The molecule has 1 aromatic heterocycles. The van der Waals surface area contributed by atoms with Gasteiger partial charge < -0.3 is 5.32 Å². The standard InChI is InChI=1S/C10H18N4O2S2/c1-2-18(15,16)14-5-3-9(4-6-14)11-7-10-8-17-13-12-10/h8-9,11H,2-7H2,1H3. The summed E-state index contributed by atoms with van der Waals surface area (Å²) in [5, 5.41) is 9.28. The van der Waals surface area contributed by atoms with Crippen molar-refractivity contribution in [3.63, 3.8) is 0 Å². The van der Waals surface area contributed by atoms with Crippen molar-refractivity contribution in [1.29, 1.82) is 0 Å². The van der Waals surface area contributed by atoms with Crippen molar-refractivity contribution >= 4 is 21.6 Å². The Morgan fingerprint density at radius 2 is 2.22 bits per heavy atom. The summed E-state index contributed by atoms with van der Waals surface area (Å²) in [7, 11) is -3.02. The molecule has 1 fully saturated rings. The number of hydrogen-bond acceptors (Lipinski definition) is 6. The van der Waals surface area contributed by atoms with Gasteiger partial charge in [-0.15, -0.1) is 5.10 Å². The van der Waals surface area contributed by atoms with E-state index in [1.807, 2.05) is 5.38 Å². The lowest BCUT2D eigenvalue weighted by Gasteiger charge is -2.31. The molecule has 6 nitrogen and oxygen atoms in total. The van der Waals surface area contributed by atoms with Crippen molar-refractivity contribution in [3.8, 4) is 0 Å². The minimum Gasteiger partial charge on any atom is -0.308 e. The maximum Gasteiger partial charge on any atom is 0.213 e. The van der Waals surface area contributed by atoms with Gasteiger partial charge in [-0.2, -0.15) is 0 Å². The Labute approximate surface area is 112 Å². The first-order valence-corrected chi connectivity index (χ1v) is 8.53. The number of nitrogens with one attached hydrogen (secondary N) is 1. The SMILES string of the molecule is CCS(=O)(=O)N1CCC(NCc2csnn2)CC1. The lowest BCUT2D eigenvalue weighted by Crippen LogP contribution is -2.45. The molecular weight excluding hydrogens is 272 g/mol. The van der Waals surface area contributed by atoms with E-state index >= 15 is 0 Å². The minimum atomic E-state index is -3.02. The van der Waals surface area contributed by atoms with Crippen LogP contribution >= 0.6 is 11.5 Å². The number of hydrogen-bond donors (Lipinski definition) is 1. The largest absolute Gasteiger partial charge is 0.308 e. The quantitative estimate of drug-likeness (QED) is 0.852. The van der Waals surface area contributed by atoms with Gasteiger partial charge in [0.15, 0.2) is 0 Å². The molecule has 102 valence electrons. The molecule has 1 aliphatic rings. The van der Waals surface area contributed by atoms with Crippen LogP contribution in [0.1, 0.15) is 25.5 Å². The smallest absolute Gasteiger partial charge is 0.213 e. The summed E-state index contributed by atoms with van der Waals surface area (Å²) >= 11 is 1.34. The third-order valence-electron chi connectivity index (χ3n) is 3.19. The molecule has 0 saturated carbocycles. The second-order valence-corrected chi connectivity index (χ2v) is 7.22. The van der Waals surface area contributed by atoms with Gasteiger partial charge in [0.1, 0.15) is 0 Å². The monoisotopic (exact) mass is 290 g/mol. The number of rotatable bonds is 5. The van der Waals surface area contributed by atoms with Crippen LogP contribution in [0, 0.1) is 0 Å². The first-order chi connectivity index (χ1) is 8.62. The van der Waals surface area contributed by atoms with Crippen molar-refractivity contribution in [2.75, 3.05) is 18.8 Å². The summed E-state index contributed by atoms with van der Waals surface area (Å²) in [5.41, 5.74) is 0.948. The highest BCUT2D eigenvalue weighted by Gasteiger charge is 2.26. The van der Waals surface area contributed by atoms with Crippen LogP contribution in [-0.4, -0.2) is 47.2 Å². The van der Waals surface area contributed by atoms with Crippen molar-refractivity contribution < 1.29 is 8.42 Å². The van der Waals surface area contributed by atoms with E-state index in [0.717, 1.165) is 18.5 Å². The topological polar surface area (TPSA) is 75.2 Å². The molecule has 8 heteroatoms. The summed E-state index contributed by atoms with van der Waals surface area (Å²) in [6.45, 7) is 3.63. The lowest BCUT2D eigenvalue weighted by molar-refractivity contribution is 0.288. The fourth-order valence-electron chi connectivity index (χ4n) is 2.03. The summed E-state index contributed by atoms with van der Waals surface area (Å²) < 4.78 is 28.8. The Hall–Kier alpha value is -0.570. The second kappa shape index (κ2) is 6.05. The molecule has 18 heavy (non-hydrogen) atoms. The highest BCUT2D eigenvalue weighted by molar-refractivity contribution is 7.89. The summed E-state index contributed by atoms with van der Waals surface area (Å²) in [6.07, 6.45) is 1.72. The lowest BCUT2D eigenvalue weighted by atomic mass is 10.1. The van der Waals surface area contributed by atoms with E-state index in [1.54, 1.807) is 11.2 Å². The minimum absolute atomic E-state index is 0.190. The molecule has 1 aliphatic heterocycles. The normalized spacial score (nSPS) is 19.2. The average Bonchev–Trinajstić information content (AvgIpc) is 2.90. The van der Waals surface area contributed by atoms with Gasteiger partial charge in [0.2, 0.25) is 10.0 Å². The number of piperidine rings is 1. The molecule has 0 aliphatic carbocycles. The first-order valence-electron chi connectivity index (χ1n) is 6.09. The predicted molar refractivity (Wildman–Crippen MR) is 70.8 cm³/mol. The first kappa shape index (κ1) is 13.9. The summed E-state index contributed by atoms with van der Waals surface area (Å²) in [6, 6.07) is 0.370. The molecule has 0 radical (unpaired) electrons. The van der Waals surface area contributed by atoms with Crippen LogP contribution in [0.4, 0.5) is 0 Å². The summed E-state index contributed by atoms with van der Waals surface area (Å²) in [4.78, 5) is 0. The maximum absolute atomic E-state index is 11.7. The van der Waals surface area contributed by atoms with Crippen molar-refractivity contribution in [1.82, 2.24) is 19.2 Å². The van der Waals surface area contributed by atoms with Crippen LogP contribution in [0.15, 0.2) is 5.38 Å². The zero-order valence-electron chi connectivity index (χ0n) is 10.4. The van der Waals surface area contributed by atoms with Gasteiger partial charge in [0.25, 0.3) is 0 Å². The van der Waals surface area contributed by atoms with E-state index in [0.29, 0.717) is 25.7 Å². The third-order valence-corrected chi connectivity index (χ3v) is 5.62. The molecule has 2 heterocycles. The Balaban J connectivity index is 1.77. The van der Waals surface area contributed by atoms with Crippen LogP contribution in [0.25, 0.3) is 0 Å². The molecule has 0 unspecified atom stereocenters. The number of nitrogens with zero attached hydrogens (tertiary/aromatic N) is 3. The van der Waals surface area contributed by atoms with Gasteiger partial charge in [0.05, 0.1) is 11.4 Å². The Morgan fingerprint density at radius 1 is 1.50 bits per heavy atom. The van der Waals surface area contributed by atoms with E-state index in [-0.39, 0.29) is 5.75 Å². The second-order valence-electron chi connectivity index (χ2n) is 4.35. The van der Waals surface area contributed by atoms with Crippen molar-refractivity contribution in [2.24, 2.45) is 0 Å². The molecular formula is C10H18N4O2S2. The van der Waals surface area contributed by atoms with E-state index in [1.165, 1.54) is 11.5 Å². The Bertz CT molecular complexity index is 452. The molecule has 1 N–H and O–H groups in total. The zero-order chi connectivity index (χ0) is 13.0. The van der Waals surface area contributed by atoms with Gasteiger partial charge in [-0.1, -0.05) is 4.49 Å². The van der Waals surface area contributed by atoms with Gasteiger partial charge in [-0.3, -0.25) is 0 Å². The highest BCUT2D eigenvalue weighted by Crippen LogP contribution is 2.14. The molecule has 0 amide bonds. The maximum atomic E-state index is 11.7. The molecule has 1 saturated heterocycles. The summed E-state index contributed by atoms with van der Waals surface area (Å²) in [5.74, 6) is 0.190. The van der Waals surface area contributed by atoms with Crippen molar-refractivity contribution in [2.45, 2.75) is 32.4 Å². The average molecular weight is 290 g/mol. The van der Waals surface area contributed by atoms with Gasteiger partial charge in [-0.25, -0.2) is 12.7 Å². The number of sulfonamides is 1.